The van der Waals surface area contributed by atoms with Crippen molar-refractivity contribution in [3.05, 3.63) is 22.4 Å². The quantitative estimate of drug-likeness (QED) is 0.825. The Hall–Kier alpha value is -2.09. The zero-order valence-corrected chi connectivity index (χ0v) is 15.4. The van der Waals surface area contributed by atoms with E-state index in [4.69, 9.17) is 0 Å². The van der Waals surface area contributed by atoms with Gasteiger partial charge in [0.25, 0.3) is 5.91 Å². The van der Waals surface area contributed by atoms with Crippen LogP contribution in [0.5, 0.6) is 0 Å². The van der Waals surface area contributed by atoms with Crippen LogP contribution in [0.2, 0.25) is 0 Å². The second-order valence-electron chi connectivity index (χ2n) is 7.22. The minimum atomic E-state index is -0.423. The monoisotopic (exact) mass is 364 g/mol. The summed E-state index contributed by atoms with van der Waals surface area (Å²) >= 11 is 1.49. The van der Waals surface area contributed by atoms with Crippen LogP contribution in [-0.4, -0.2) is 66.4 Å². The number of carbonyl (C=O) groups excluding carboxylic acids is 3. The minimum Gasteiger partial charge on any atom is -0.355 e. The maximum atomic E-state index is 12.8. The lowest BCUT2D eigenvalue weighted by molar-refractivity contribution is -0.119. The summed E-state index contributed by atoms with van der Waals surface area (Å²) < 4.78 is 0. The van der Waals surface area contributed by atoms with Crippen molar-refractivity contribution in [3.63, 3.8) is 0 Å². The predicted molar refractivity (Wildman–Crippen MR) is 95.5 cm³/mol. The van der Waals surface area contributed by atoms with Gasteiger partial charge < -0.3 is 20.4 Å². The topological polar surface area (TPSA) is 81.8 Å². The van der Waals surface area contributed by atoms with Gasteiger partial charge in [0.15, 0.2) is 0 Å². The molecule has 0 unspecified atom stereocenters. The highest BCUT2D eigenvalue weighted by atomic mass is 32.1. The third kappa shape index (κ3) is 3.95. The number of thiophene rings is 1. The van der Waals surface area contributed by atoms with E-state index in [1.165, 1.54) is 11.3 Å². The van der Waals surface area contributed by atoms with Gasteiger partial charge >= 0.3 is 6.03 Å². The fraction of sp³-hybridized carbons (Fsp3) is 0.588. The summed E-state index contributed by atoms with van der Waals surface area (Å²) in [7, 11) is 0. The van der Waals surface area contributed by atoms with Crippen LogP contribution in [0.4, 0.5) is 4.79 Å². The SMILES string of the molecule is CC(C)NC(=O)N1CCN(C(=O)c2ccsc2)C[C@]2(CNC(=O)C2)C1. The highest BCUT2D eigenvalue weighted by molar-refractivity contribution is 7.08. The molecule has 3 heterocycles. The Kier molecular flexibility index (Phi) is 4.99. The van der Waals surface area contributed by atoms with E-state index in [0.717, 1.165) is 0 Å². The van der Waals surface area contributed by atoms with Gasteiger partial charge in [-0.05, 0) is 25.3 Å². The molecule has 2 aliphatic rings. The van der Waals surface area contributed by atoms with Crippen LogP contribution >= 0.6 is 11.3 Å². The molecular weight excluding hydrogens is 340 g/mol. The van der Waals surface area contributed by atoms with Crippen molar-refractivity contribution in [2.75, 3.05) is 32.7 Å². The Morgan fingerprint density at radius 1 is 1.28 bits per heavy atom. The normalized spacial score (nSPS) is 23.7. The van der Waals surface area contributed by atoms with Gasteiger partial charge in [0.2, 0.25) is 5.91 Å². The largest absolute Gasteiger partial charge is 0.355 e. The predicted octanol–water partition coefficient (Wildman–Crippen LogP) is 1.13. The summed E-state index contributed by atoms with van der Waals surface area (Å²) in [5.41, 5.74) is 0.241. The lowest BCUT2D eigenvalue weighted by atomic mass is 9.86. The molecule has 1 spiro atoms. The average molecular weight is 364 g/mol. The van der Waals surface area contributed by atoms with Gasteiger partial charge in [0.1, 0.15) is 0 Å². The van der Waals surface area contributed by atoms with Crippen LogP contribution in [0.3, 0.4) is 0 Å². The molecule has 0 saturated carbocycles. The molecule has 2 aliphatic heterocycles. The summed E-state index contributed by atoms with van der Waals surface area (Å²) in [4.78, 5) is 40.7. The zero-order valence-electron chi connectivity index (χ0n) is 14.6. The van der Waals surface area contributed by atoms with Crippen LogP contribution in [0.15, 0.2) is 16.8 Å². The van der Waals surface area contributed by atoms with Gasteiger partial charge in [0, 0.05) is 56.0 Å². The van der Waals surface area contributed by atoms with E-state index in [1.807, 2.05) is 30.7 Å². The Bertz CT molecular complexity index is 661. The van der Waals surface area contributed by atoms with E-state index < -0.39 is 5.41 Å². The second-order valence-corrected chi connectivity index (χ2v) is 8.00. The van der Waals surface area contributed by atoms with Crippen molar-refractivity contribution in [2.24, 2.45) is 5.41 Å². The maximum Gasteiger partial charge on any atom is 0.317 e. The van der Waals surface area contributed by atoms with Crippen molar-refractivity contribution in [3.8, 4) is 0 Å². The van der Waals surface area contributed by atoms with E-state index in [0.29, 0.717) is 44.7 Å². The van der Waals surface area contributed by atoms with Gasteiger partial charge in [0.05, 0.1) is 5.56 Å². The van der Waals surface area contributed by atoms with E-state index in [2.05, 4.69) is 10.6 Å². The van der Waals surface area contributed by atoms with E-state index in [1.54, 1.807) is 9.80 Å². The van der Waals surface area contributed by atoms with Crippen LogP contribution < -0.4 is 10.6 Å². The molecule has 3 rings (SSSR count). The fourth-order valence-corrected chi connectivity index (χ4v) is 4.12. The van der Waals surface area contributed by atoms with Crippen molar-refractivity contribution >= 4 is 29.2 Å². The molecule has 1 aromatic heterocycles. The van der Waals surface area contributed by atoms with E-state index in [9.17, 15) is 14.4 Å². The molecule has 1 aromatic rings. The number of amides is 4. The molecule has 0 radical (unpaired) electrons. The number of urea groups is 1. The fourth-order valence-electron chi connectivity index (χ4n) is 3.49. The summed E-state index contributed by atoms with van der Waals surface area (Å²) in [6, 6.07) is 1.71. The van der Waals surface area contributed by atoms with Crippen LogP contribution in [-0.2, 0) is 4.79 Å². The van der Waals surface area contributed by atoms with E-state index in [-0.39, 0.29) is 23.9 Å². The average Bonchev–Trinajstić information content (AvgIpc) is 3.14. The standard InChI is InChI=1S/C17H24N4O3S/c1-12(2)19-16(24)21-5-4-20(15(23)13-3-6-25-8-13)10-17(11-21)7-14(22)18-9-17/h3,6,8,12H,4-5,7,9-11H2,1-2H3,(H,18,22)(H,19,24)/t17-/m0/s1. The molecular formula is C17H24N4O3S. The zero-order chi connectivity index (χ0) is 18.0. The first-order valence-corrected chi connectivity index (χ1v) is 9.46. The molecule has 25 heavy (non-hydrogen) atoms. The van der Waals surface area contributed by atoms with Crippen LogP contribution in [0, 0.1) is 5.41 Å². The molecule has 4 amide bonds. The Labute approximate surface area is 151 Å². The molecule has 0 aliphatic carbocycles. The van der Waals surface area contributed by atoms with Crippen molar-refractivity contribution < 1.29 is 14.4 Å². The van der Waals surface area contributed by atoms with Gasteiger partial charge in [-0.3, -0.25) is 9.59 Å². The first-order valence-electron chi connectivity index (χ1n) is 8.52. The summed E-state index contributed by atoms with van der Waals surface area (Å²) in [6.07, 6.45) is 0.339. The third-order valence-corrected chi connectivity index (χ3v) is 5.33. The third-order valence-electron chi connectivity index (χ3n) is 4.64. The highest BCUT2D eigenvalue weighted by Gasteiger charge is 2.45. The molecule has 0 bridgehead atoms. The van der Waals surface area contributed by atoms with Crippen LogP contribution in [0.25, 0.3) is 0 Å². The van der Waals surface area contributed by atoms with Crippen molar-refractivity contribution in [1.29, 1.82) is 0 Å². The van der Waals surface area contributed by atoms with Gasteiger partial charge in [-0.1, -0.05) is 0 Å². The number of carbonyl (C=O) groups is 3. The molecule has 7 nitrogen and oxygen atoms in total. The van der Waals surface area contributed by atoms with Gasteiger partial charge in [-0.15, -0.1) is 0 Å². The number of hydrogen-bond donors (Lipinski definition) is 2. The number of rotatable bonds is 2. The lowest BCUT2D eigenvalue weighted by Gasteiger charge is -2.32. The Morgan fingerprint density at radius 2 is 2.00 bits per heavy atom. The smallest absolute Gasteiger partial charge is 0.317 e. The van der Waals surface area contributed by atoms with Crippen molar-refractivity contribution in [1.82, 2.24) is 20.4 Å². The Morgan fingerprint density at radius 3 is 2.60 bits per heavy atom. The lowest BCUT2D eigenvalue weighted by Crippen LogP contribution is -2.48. The summed E-state index contributed by atoms with van der Waals surface area (Å²) in [5.74, 6) is -0.0554. The molecule has 8 heteroatoms. The van der Waals surface area contributed by atoms with Crippen molar-refractivity contribution in [2.45, 2.75) is 26.3 Å². The molecule has 2 fully saturated rings. The maximum absolute atomic E-state index is 12.8. The first kappa shape index (κ1) is 17.7. The molecule has 0 aromatic carbocycles. The van der Waals surface area contributed by atoms with E-state index >= 15 is 0 Å². The minimum absolute atomic E-state index is 0.0194. The number of hydrogen-bond acceptors (Lipinski definition) is 4. The molecule has 2 N–H and O–H groups in total. The van der Waals surface area contributed by atoms with Gasteiger partial charge in [-0.2, -0.15) is 11.3 Å². The summed E-state index contributed by atoms with van der Waals surface area (Å²) in [5, 5.41) is 9.49. The van der Waals surface area contributed by atoms with Crippen LogP contribution in [0.1, 0.15) is 30.6 Å². The molecule has 1 atom stereocenters. The molecule has 136 valence electrons. The first-order chi connectivity index (χ1) is 11.9. The highest BCUT2D eigenvalue weighted by Crippen LogP contribution is 2.31. The second kappa shape index (κ2) is 7.03. The summed E-state index contributed by atoms with van der Waals surface area (Å²) in [6.45, 7) is 6.20. The molecule has 2 saturated heterocycles. The number of nitrogens with zero attached hydrogens (tertiary/aromatic N) is 2. The number of nitrogens with one attached hydrogen (secondary N) is 2. The Balaban J connectivity index is 1.81. The van der Waals surface area contributed by atoms with Gasteiger partial charge in [-0.25, -0.2) is 4.79 Å².